The summed E-state index contributed by atoms with van der Waals surface area (Å²) in [5.74, 6) is -1.56. The predicted octanol–water partition coefficient (Wildman–Crippen LogP) is 3.18. The van der Waals surface area contributed by atoms with Crippen LogP contribution in [0.4, 0.5) is 10.5 Å². The van der Waals surface area contributed by atoms with Gasteiger partial charge in [-0.3, -0.25) is 9.59 Å². The molecule has 1 saturated heterocycles. The van der Waals surface area contributed by atoms with Crippen LogP contribution in [-0.2, 0) is 9.59 Å². The number of furan rings is 1. The number of benzene rings is 2. The van der Waals surface area contributed by atoms with E-state index in [0.29, 0.717) is 17.0 Å². The lowest BCUT2D eigenvalue weighted by Gasteiger charge is -2.11. The van der Waals surface area contributed by atoms with Gasteiger partial charge in [0.25, 0.3) is 5.91 Å². The molecule has 0 atom stereocenters. The second kappa shape index (κ2) is 8.60. The molecule has 1 fully saturated rings. The molecule has 3 N–H and O–H groups in total. The molecule has 2 heterocycles. The molecule has 0 bridgehead atoms. The Morgan fingerprint density at radius 1 is 1.03 bits per heavy atom. The number of anilines is 1. The van der Waals surface area contributed by atoms with Gasteiger partial charge in [0.05, 0.1) is 5.56 Å². The van der Waals surface area contributed by atoms with Gasteiger partial charge in [0.2, 0.25) is 5.91 Å². The van der Waals surface area contributed by atoms with E-state index in [1.165, 1.54) is 18.2 Å². The highest BCUT2D eigenvalue weighted by molar-refractivity contribution is 6.15. The molecule has 9 nitrogen and oxygen atoms in total. The van der Waals surface area contributed by atoms with Crippen LogP contribution in [0.1, 0.15) is 16.1 Å². The summed E-state index contributed by atoms with van der Waals surface area (Å²) in [6.07, 6.45) is 1.35. The minimum atomic E-state index is -1.06. The molecule has 4 rings (SSSR count). The Morgan fingerprint density at radius 2 is 1.81 bits per heavy atom. The van der Waals surface area contributed by atoms with Gasteiger partial charge in [-0.05, 0) is 36.4 Å². The van der Waals surface area contributed by atoms with E-state index in [-0.39, 0.29) is 17.0 Å². The molecule has 0 saturated carbocycles. The number of carboxylic acid groups (broad SMARTS) is 1. The van der Waals surface area contributed by atoms with Crippen LogP contribution < -0.4 is 10.6 Å². The number of carboxylic acids is 1. The quantitative estimate of drug-likeness (QED) is 0.406. The van der Waals surface area contributed by atoms with Crippen LogP contribution in [0.3, 0.4) is 0 Å². The van der Waals surface area contributed by atoms with E-state index in [9.17, 15) is 19.2 Å². The van der Waals surface area contributed by atoms with Crippen LogP contribution in [0.15, 0.2) is 76.8 Å². The van der Waals surface area contributed by atoms with E-state index < -0.39 is 30.4 Å². The van der Waals surface area contributed by atoms with E-state index in [1.807, 2.05) is 0 Å². The highest BCUT2D eigenvalue weighted by Gasteiger charge is 2.35. The van der Waals surface area contributed by atoms with Crippen LogP contribution in [0.5, 0.6) is 0 Å². The van der Waals surface area contributed by atoms with Crippen molar-refractivity contribution in [1.82, 2.24) is 10.2 Å². The lowest BCUT2D eigenvalue weighted by molar-refractivity contribution is -0.127. The van der Waals surface area contributed by atoms with Gasteiger partial charge in [-0.2, -0.15) is 0 Å². The summed E-state index contributed by atoms with van der Waals surface area (Å²) in [7, 11) is 0. The first-order valence-corrected chi connectivity index (χ1v) is 9.54. The molecule has 0 radical (unpaired) electrons. The molecule has 0 unspecified atom stereocenters. The largest absolute Gasteiger partial charge is 0.478 e. The van der Waals surface area contributed by atoms with E-state index in [4.69, 9.17) is 9.52 Å². The third-order valence-corrected chi connectivity index (χ3v) is 4.63. The monoisotopic (exact) mass is 431 g/mol. The molecule has 1 aliphatic rings. The SMILES string of the molecule is O=C(CN1C(=O)NC(=Cc2ccc(-c3cccc(C(=O)O)c3)o2)C1=O)Nc1ccccc1. The first kappa shape index (κ1) is 20.6. The van der Waals surface area contributed by atoms with Gasteiger partial charge in [-0.1, -0.05) is 30.3 Å². The fraction of sp³-hybridized carbons (Fsp3) is 0.0435. The zero-order valence-electron chi connectivity index (χ0n) is 16.6. The van der Waals surface area contributed by atoms with E-state index >= 15 is 0 Å². The highest BCUT2D eigenvalue weighted by Crippen LogP contribution is 2.25. The summed E-state index contributed by atoms with van der Waals surface area (Å²) in [5.41, 5.74) is 1.18. The minimum Gasteiger partial charge on any atom is -0.478 e. The number of urea groups is 1. The standard InChI is InChI=1S/C23H17N3O6/c27-20(24-16-7-2-1-3-8-16)13-26-21(28)18(25-23(26)31)12-17-9-10-19(32-17)14-5-4-6-15(11-14)22(29)30/h1-12H,13H2,(H,24,27)(H,25,31)(H,29,30). The summed E-state index contributed by atoms with van der Waals surface area (Å²) in [6, 6.07) is 17.4. The maximum absolute atomic E-state index is 12.6. The minimum absolute atomic E-state index is 0.0392. The zero-order chi connectivity index (χ0) is 22.7. The molecular formula is C23H17N3O6. The Balaban J connectivity index is 1.47. The molecular weight excluding hydrogens is 414 g/mol. The Bertz CT molecular complexity index is 1250. The Hall–Kier alpha value is -4.66. The van der Waals surface area contributed by atoms with Crippen molar-refractivity contribution in [1.29, 1.82) is 0 Å². The van der Waals surface area contributed by atoms with Crippen molar-refractivity contribution in [3.8, 4) is 11.3 Å². The molecule has 32 heavy (non-hydrogen) atoms. The van der Waals surface area contributed by atoms with Crippen molar-refractivity contribution < 1.29 is 28.7 Å². The summed E-state index contributed by atoms with van der Waals surface area (Å²) in [5, 5.41) is 14.2. The molecule has 4 amide bonds. The summed E-state index contributed by atoms with van der Waals surface area (Å²) >= 11 is 0. The molecule has 1 aromatic heterocycles. The number of carbonyl (C=O) groups is 4. The lowest BCUT2D eigenvalue weighted by atomic mass is 10.1. The van der Waals surface area contributed by atoms with Gasteiger partial charge in [-0.15, -0.1) is 0 Å². The molecule has 3 aromatic rings. The fourth-order valence-electron chi connectivity index (χ4n) is 3.11. The van der Waals surface area contributed by atoms with Crippen LogP contribution in [-0.4, -0.2) is 40.4 Å². The number of hydrogen-bond acceptors (Lipinski definition) is 5. The number of imide groups is 1. The first-order chi connectivity index (χ1) is 15.4. The second-order valence-electron chi connectivity index (χ2n) is 6.88. The van der Waals surface area contributed by atoms with Crippen LogP contribution in [0, 0.1) is 0 Å². The molecule has 2 aromatic carbocycles. The second-order valence-corrected chi connectivity index (χ2v) is 6.88. The van der Waals surface area contributed by atoms with Gasteiger partial charge < -0.3 is 20.2 Å². The average molecular weight is 431 g/mol. The zero-order valence-corrected chi connectivity index (χ0v) is 16.6. The molecule has 0 aliphatic carbocycles. The van der Waals surface area contributed by atoms with Gasteiger partial charge in [-0.25, -0.2) is 14.5 Å². The van der Waals surface area contributed by atoms with E-state index in [0.717, 1.165) is 4.90 Å². The van der Waals surface area contributed by atoms with Crippen LogP contribution >= 0.6 is 0 Å². The van der Waals surface area contributed by atoms with Crippen molar-refractivity contribution >= 4 is 35.6 Å². The average Bonchev–Trinajstić information content (AvgIpc) is 3.35. The third-order valence-electron chi connectivity index (χ3n) is 4.63. The Kier molecular flexibility index (Phi) is 5.54. The van der Waals surface area contributed by atoms with Crippen molar-refractivity contribution in [3.05, 3.63) is 83.8 Å². The molecule has 0 spiro atoms. The topological polar surface area (TPSA) is 129 Å². The van der Waals surface area contributed by atoms with Gasteiger partial charge in [0.15, 0.2) is 0 Å². The number of aromatic carboxylic acids is 1. The van der Waals surface area contributed by atoms with Gasteiger partial charge in [0, 0.05) is 17.3 Å². The molecule has 160 valence electrons. The van der Waals surface area contributed by atoms with Crippen LogP contribution in [0.25, 0.3) is 17.4 Å². The summed E-state index contributed by atoms with van der Waals surface area (Å²) < 4.78 is 5.67. The number of carbonyl (C=O) groups excluding carboxylic acids is 3. The molecule has 1 aliphatic heterocycles. The van der Waals surface area contributed by atoms with Crippen LogP contribution in [0.2, 0.25) is 0 Å². The summed E-state index contributed by atoms with van der Waals surface area (Å²) in [4.78, 5) is 48.9. The smallest absolute Gasteiger partial charge is 0.335 e. The normalized spacial score (nSPS) is 14.5. The van der Waals surface area contributed by atoms with Crippen molar-refractivity contribution in [2.45, 2.75) is 0 Å². The maximum Gasteiger partial charge on any atom is 0.335 e. The highest BCUT2D eigenvalue weighted by atomic mass is 16.4. The lowest BCUT2D eigenvalue weighted by Crippen LogP contribution is -2.38. The van der Waals surface area contributed by atoms with Crippen molar-refractivity contribution in [2.24, 2.45) is 0 Å². The number of nitrogens with zero attached hydrogens (tertiary/aromatic N) is 1. The first-order valence-electron chi connectivity index (χ1n) is 9.54. The number of para-hydroxylation sites is 1. The number of hydrogen-bond donors (Lipinski definition) is 3. The Morgan fingerprint density at radius 3 is 2.56 bits per heavy atom. The number of nitrogens with one attached hydrogen (secondary N) is 2. The number of amides is 4. The van der Waals surface area contributed by atoms with Crippen molar-refractivity contribution in [3.63, 3.8) is 0 Å². The molecule has 9 heteroatoms. The maximum atomic E-state index is 12.6. The van der Waals surface area contributed by atoms with Crippen molar-refractivity contribution in [2.75, 3.05) is 11.9 Å². The number of rotatable bonds is 6. The predicted molar refractivity (Wildman–Crippen MR) is 114 cm³/mol. The third kappa shape index (κ3) is 4.41. The van der Waals surface area contributed by atoms with E-state index in [1.54, 1.807) is 54.6 Å². The Labute approximate surface area is 181 Å². The summed E-state index contributed by atoms with van der Waals surface area (Å²) in [6.45, 7) is -0.442. The van der Waals surface area contributed by atoms with E-state index in [2.05, 4.69) is 10.6 Å². The fourth-order valence-corrected chi connectivity index (χ4v) is 3.11. The van der Waals surface area contributed by atoms with Gasteiger partial charge >= 0.3 is 12.0 Å². The van der Waals surface area contributed by atoms with Gasteiger partial charge in [0.1, 0.15) is 23.8 Å².